The van der Waals surface area contributed by atoms with E-state index in [4.69, 9.17) is 20.4 Å². The van der Waals surface area contributed by atoms with Gasteiger partial charge in [-0.2, -0.15) is 18.4 Å². The summed E-state index contributed by atoms with van der Waals surface area (Å²) in [6.45, 7) is 3.60. The zero-order chi connectivity index (χ0) is 36.8. The first kappa shape index (κ1) is 37.9. The number of rotatable bonds is 11. The zero-order valence-corrected chi connectivity index (χ0v) is 27.6. The molecule has 4 aromatic carbocycles. The third-order valence-corrected chi connectivity index (χ3v) is 7.74. The molecule has 1 heterocycles. The first-order valence-electron chi connectivity index (χ1n) is 16.0. The Morgan fingerprint density at radius 3 is 2.14 bits per heavy atom. The number of ether oxygens (including phenoxy) is 1. The van der Waals surface area contributed by atoms with Crippen LogP contribution in [0, 0.1) is 11.3 Å². The number of halogens is 3. The fourth-order valence-corrected chi connectivity index (χ4v) is 5.11. The van der Waals surface area contributed by atoms with E-state index >= 15 is 0 Å². The van der Waals surface area contributed by atoms with Crippen molar-refractivity contribution in [3.8, 4) is 17.6 Å². The molecule has 0 spiro atoms. The third-order valence-electron chi connectivity index (χ3n) is 7.74. The summed E-state index contributed by atoms with van der Waals surface area (Å²) in [6.07, 6.45) is -5.02. The highest BCUT2D eigenvalue weighted by Crippen LogP contribution is 2.34. The van der Waals surface area contributed by atoms with E-state index in [1.54, 1.807) is 17.0 Å². The number of alkyl halides is 3. The van der Waals surface area contributed by atoms with Crippen molar-refractivity contribution in [3.63, 3.8) is 0 Å². The first-order chi connectivity index (χ1) is 24.5. The van der Waals surface area contributed by atoms with Crippen LogP contribution in [-0.2, 0) is 27.5 Å². The molecular formula is C37H37F3N6O5. The van der Waals surface area contributed by atoms with Crippen LogP contribution >= 0.6 is 0 Å². The standard InChI is InChI=1S/C35H36N6O3.C2HF3O2/c36-24-27-13-15-28(16-14-27)26-41(32-11-4-5-12-33(32)44-31-10-6-7-29(23-31)25-37)35(43)18-17-34(42)38-40-21-19-39(20-22-40)30-8-2-1-3-9-30;3-2(4,5)1(6)7/h1-16,23H,17-22,25-26,37H2,(H,38,42);(H,6,7). The van der Waals surface area contributed by atoms with Gasteiger partial charge in [-0.15, -0.1) is 0 Å². The molecule has 0 aliphatic carbocycles. The van der Waals surface area contributed by atoms with Crippen LogP contribution in [0.1, 0.15) is 29.5 Å². The molecule has 0 aromatic heterocycles. The van der Waals surface area contributed by atoms with Gasteiger partial charge in [0, 0.05) is 51.3 Å². The molecule has 51 heavy (non-hydrogen) atoms. The summed E-state index contributed by atoms with van der Waals surface area (Å²) in [4.78, 5) is 39.5. The van der Waals surface area contributed by atoms with E-state index < -0.39 is 12.1 Å². The Labute approximate surface area is 293 Å². The molecule has 11 nitrogen and oxygen atoms in total. The average molecular weight is 703 g/mol. The largest absolute Gasteiger partial charge is 0.490 e. The van der Waals surface area contributed by atoms with Crippen molar-refractivity contribution < 1.29 is 37.4 Å². The number of para-hydroxylation sites is 3. The van der Waals surface area contributed by atoms with Crippen molar-refractivity contribution in [2.24, 2.45) is 5.73 Å². The maximum Gasteiger partial charge on any atom is 0.490 e. The molecule has 1 aliphatic rings. The molecule has 0 unspecified atom stereocenters. The Balaban J connectivity index is 0.000000755. The summed E-state index contributed by atoms with van der Waals surface area (Å²) >= 11 is 0. The fraction of sp³-hybridized carbons (Fsp3) is 0.243. The molecule has 5 rings (SSSR count). The predicted molar refractivity (Wildman–Crippen MR) is 184 cm³/mol. The number of hydrogen-bond donors (Lipinski definition) is 3. The normalized spacial score (nSPS) is 12.9. The Morgan fingerprint density at radius 1 is 0.863 bits per heavy atom. The van der Waals surface area contributed by atoms with Crippen LogP contribution in [-0.4, -0.2) is 60.3 Å². The molecule has 4 aromatic rings. The number of carbonyl (C=O) groups is 3. The van der Waals surface area contributed by atoms with Gasteiger partial charge in [0.15, 0.2) is 5.75 Å². The number of nitriles is 1. The van der Waals surface area contributed by atoms with Gasteiger partial charge in [-0.3, -0.25) is 15.0 Å². The summed E-state index contributed by atoms with van der Waals surface area (Å²) in [5.41, 5.74) is 12.9. The van der Waals surface area contributed by atoms with Crippen molar-refractivity contribution in [3.05, 3.63) is 120 Å². The summed E-state index contributed by atoms with van der Waals surface area (Å²) in [7, 11) is 0. The lowest BCUT2D eigenvalue weighted by molar-refractivity contribution is -0.192. The smallest absolute Gasteiger partial charge is 0.475 e. The molecule has 2 amide bonds. The van der Waals surface area contributed by atoms with E-state index in [1.165, 1.54) is 5.69 Å². The minimum Gasteiger partial charge on any atom is -0.475 e. The number of amides is 2. The number of benzene rings is 4. The number of nitrogens with zero attached hydrogens (tertiary/aromatic N) is 4. The van der Waals surface area contributed by atoms with Crippen LogP contribution < -0.4 is 25.7 Å². The van der Waals surface area contributed by atoms with Crippen molar-refractivity contribution in [1.29, 1.82) is 5.26 Å². The predicted octanol–water partition coefficient (Wildman–Crippen LogP) is 5.61. The first-order valence-corrected chi connectivity index (χ1v) is 16.0. The molecule has 1 aliphatic heterocycles. The van der Waals surface area contributed by atoms with Gasteiger partial charge < -0.3 is 25.4 Å². The van der Waals surface area contributed by atoms with Crippen LogP contribution in [0.4, 0.5) is 24.5 Å². The van der Waals surface area contributed by atoms with E-state index in [-0.39, 0.29) is 31.2 Å². The van der Waals surface area contributed by atoms with E-state index in [0.29, 0.717) is 42.4 Å². The number of anilines is 2. The molecule has 0 atom stereocenters. The highest BCUT2D eigenvalue weighted by molar-refractivity contribution is 5.96. The van der Waals surface area contributed by atoms with Crippen LogP contribution in [0.5, 0.6) is 11.5 Å². The molecule has 0 bridgehead atoms. The summed E-state index contributed by atoms with van der Waals surface area (Å²) in [6, 6.07) is 34.3. The van der Waals surface area contributed by atoms with Gasteiger partial charge in [0.2, 0.25) is 11.8 Å². The van der Waals surface area contributed by atoms with Crippen molar-refractivity contribution >= 4 is 29.2 Å². The summed E-state index contributed by atoms with van der Waals surface area (Å²) < 4.78 is 38.0. The SMILES string of the molecule is N#Cc1ccc(CN(C(=O)CCC(=O)NN2CCN(c3ccccc3)CC2)c2ccccc2Oc2cccc(CN)c2)cc1.O=C(O)C(F)(F)F. The Morgan fingerprint density at radius 2 is 1.51 bits per heavy atom. The molecule has 266 valence electrons. The molecule has 0 saturated carbocycles. The molecule has 1 saturated heterocycles. The number of nitrogens with two attached hydrogens (primary N) is 1. The quantitative estimate of drug-likeness (QED) is 0.181. The Kier molecular flexibility index (Phi) is 13.5. The van der Waals surface area contributed by atoms with E-state index in [2.05, 4.69) is 28.5 Å². The Hall–Kier alpha value is -5.91. The molecule has 4 N–H and O–H groups in total. The minimum atomic E-state index is -5.08. The number of carboxylic acids is 1. The van der Waals surface area contributed by atoms with Crippen LogP contribution in [0.15, 0.2) is 103 Å². The van der Waals surface area contributed by atoms with Crippen molar-refractivity contribution in [1.82, 2.24) is 10.4 Å². The fourth-order valence-electron chi connectivity index (χ4n) is 5.11. The number of nitrogens with one attached hydrogen (secondary N) is 1. The molecule has 14 heteroatoms. The molecular weight excluding hydrogens is 665 g/mol. The highest BCUT2D eigenvalue weighted by Gasteiger charge is 2.38. The number of piperazine rings is 1. The van der Waals surface area contributed by atoms with Gasteiger partial charge >= 0.3 is 12.1 Å². The number of carbonyl (C=O) groups excluding carboxylic acids is 2. The second kappa shape index (κ2) is 18.2. The molecule has 0 radical (unpaired) electrons. The second-order valence-corrected chi connectivity index (χ2v) is 11.4. The lowest BCUT2D eigenvalue weighted by Crippen LogP contribution is -2.53. The van der Waals surface area contributed by atoms with Gasteiger partial charge in [-0.25, -0.2) is 9.80 Å². The topological polar surface area (TPSA) is 152 Å². The van der Waals surface area contributed by atoms with Gasteiger partial charge in [0.05, 0.1) is 23.9 Å². The van der Waals surface area contributed by atoms with Gasteiger partial charge in [-0.1, -0.05) is 54.6 Å². The summed E-state index contributed by atoms with van der Waals surface area (Å²) in [5.74, 6) is -2.06. The average Bonchev–Trinajstić information content (AvgIpc) is 3.14. The van der Waals surface area contributed by atoms with Gasteiger partial charge in [0.25, 0.3) is 0 Å². The third kappa shape index (κ3) is 11.6. The second-order valence-electron chi connectivity index (χ2n) is 11.4. The van der Waals surface area contributed by atoms with Crippen molar-refractivity contribution in [2.45, 2.75) is 32.1 Å². The number of aliphatic carboxylic acids is 1. The van der Waals surface area contributed by atoms with Gasteiger partial charge in [-0.05, 0) is 59.7 Å². The van der Waals surface area contributed by atoms with E-state index in [1.807, 2.05) is 83.9 Å². The lowest BCUT2D eigenvalue weighted by atomic mass is 10.1. The van der Waals surface area contributed by atoms with Crippen LogP contribution in [0.2, 0.25) is 0 Å². The maximum atomic E-state index is 13.8. The maximum absolute atomic E-state index is 13.8. The summed E-state index contributed by atoms with van der Waals surface area (Å²) in [5, 5.41) is 18.3. The van der Waals surface area contributed by atoms with Gasteiger partial charge in [0.1, 0.15) is 5.75 Å². The Bertz CT molecular complexity index is 1810. The number of hydrazine groups is 1. The molecule has 1 fully saturated rings. The van der Waals surface area contributed by atoms with Crippen LogP contribution in [0.3, 0.4) is 0 Å². The van der Waals surface area contributed by atoms with E-state index in [0.717, 1.165) is 24.2 Å². The zero-order valence-electron chi connectivity index (χ0n) is 27.6. The van der Waals surface area contributed by atoms with E-state index in [9.17, 15) is 28.0 Å². The number of hydrogen-bond acceptors (Lipinski definition) is 8. The number of carboxylic acid groups (broad SMARTS) is 1. The van der Waals surface area contributed by atoms with Crippen molar-refractivity contribution in [2.75, 3.05) is 36.0 Å². The lowest BCUT2D eigenvalue weighted by Gasteiger charge is -2.36. The highest BCUT2D eigenvalue weighted by atomic mass is 19.4. The minimum absolute atomic E-state index is 0.0170. The monoisotopic (exact) mass is 702 g/mol. The van der Waals surface area contributed by atoms with Crippen LogP contribution in [0.25, 0.3) is 0 Å².